The van der Waals surface area contributed by atoms with Crippen LogP contribution in [0.25, 0.3) is 0 Å². The van der Waals surface area contributed by atoms with Gasteiger partial charge in [0.25, 0.3) is 0 Å². The fourth-order valence-electron chi connectivity index (χ4n) is 2.93. The van der Waals surface area contributed by atoms with Gasteiger partial charge in [0.2, 0.25) is 11.1 Å². The predicted molar refractivity (Wildman–Crippen MR) is 102 cm³/mol. The lowest BCUT2D eigenvalue weighted by Crippen LogP contribution is -2.29. The fraction of sp³-hybridized carbons (Fsp3) is 0.500. The molecule has 2 N–H and O–H groups in total. The smallest absolute Gasteiger partial charge is 0.234 e. The van der Waals surface area contributed by atoms with E-state index in [0.29, 0.717) is 10.9 Å². The minimum Gasteiger partial charge on any atom is -0.372 e. The number of benzene rings is 1. The Morgan fingerprint density at radius 2 is 2.00 bits per heavy atom. The Hall–Kier alpha value is -2.02. The second-order valence-corrected chi connectivity index (χ2v) is 7.19. The van der Waals surface area contributed by atoms with Crippen LogP contribution >= 0.6 is 11.8 Å². The average Bonchev–Trinajstić information content (AvgIpc) is 3.09. The second-order valence-electron chi connectivity index (χ2n) is 6.25. The van der Waals surface area contributed by atoms with E-state index >= 15 is 0 Å². The molecule has 25 heavy (non-hydrogen) atoms. The first-order valence-electron chi connectivity index (χ1n) is 8.93. The van der Waals surface area contributed by atoms with Crippen molar-refractivity contribution in [1.82, 2.24) is 15.2 Å². The Morgan fingerprint density at radius 3 is 2.72 bits per heavy atom. The van der Waals surface area contributed by atoms with Gasteiger partial charge in [-0.05, 0) is 49.9 Å². The zero-order chi connectivity index (χ0) is 17.5. The minimum absolute atomic E-state index is 0.0439. The molecule has 1 saturated heterocycles. The van der Waals surface area contributed by atoms with E-state index in [1.165, 1.54) is 36.7 Å². The van der Waals surface area contributed by atoms with Gasteiger partial charge in [-0.2, -0.15) is 0 Å². The van der Waals surface area contributed by atoms with Crippen molar-refractivity contribution in [2.24, 2.45) is 0 Å². The summed E-state index contributed by atoms with van der Waals surface area (Å²) in [5.41, 5.74) is 2.06. The van der Waals surface area contributed by atoms with E-state index in [1.807, 2.05) is 12.1 Å². The number of hydrogen-bond donors (Lipinski definition) is 2. The third-order valence-electron chi connectivity index (χ3n) is 4.20. The molecule has 0 saturated carbocycles. The normalized spacial score (nSPS) is 14.5. The maximum atomic E-state index is 12.1. The number of piperidine rings is 1. The van der Waals surface area contributed by atoms with Gasteiger partial charge in [-0.25, -0.2) is 4.98 Å². The number of nitrogens with one attached hydrogen (secondary N) is 2. The molecule has 7 heteroatoms. The highest BCUT2D eigenvalue weighted by Gasteiger charge is 2.11. The summed E-state index contributed by atoms with van der Waals surface area (Å²) < 4.78 is 0. The van der Waals surface area contributed by atoms with Crippen LogP contribution in [0, 0.1) is 0 Å². The summed E-state index contributed by atoms with van der Waals surface area (Å²) in [7, 11) is 0. The first-order chi connectivity index (χ1) is 12.2. The Balaban J connectivity index is 1.47. The highest BCUT2D eigenvalue weighted by Crippen LogP contribution is 2.22. The summed E-state index contributed by atoms with van der Waals surface area (Å²) in [6.45, 7) is 4.34. The minimum atomic E-state index is -0.0439. The van der Waals surface area contributed by atoms with E-state index in [2.05, 4.69) is 44.5 Å². The standard InChI is InChI=1S/C18H25N5OS/c1-2-6-16-20-18(22-21-16)25-13-17(24)19-14-7-9-15(10-8-14)23-11-4-3-5-12-23/h7-10H,2-6,11-13H2,1H3,(H,19,24)(H,20,21,22). The van der Waals surface area contributed by atoms with Gasteiger partial charge in [0.15, 0.2) is 0 Å². The van der Waals surface area contributed by atoms with Crippen molar-refractivity contribution in [3.05, 3.63) is 30.1 Å². The lowest BCUT2D eigenvalue weighted by Gasteiger charge is -2.28. The molecule has 0 atom stereocenters. The van der Waals surface area contributed by atoms with Gasteiger partial charge >= 0.3 is 0 Å². The molecular weight excluding hydrogens is 334 g/mol. The summed E-state index contributed by atoms with van der Waals surface area (Å²) in [5, 5.41) is 10.6. The van der Waals surface area contributed by atoms with E-state index in [-0.39, 0.29) is 5.91 Å². The number of hydrogen-bond acceptors (Lipinski definition) is 5. The molecule has 3 rings (SSSR count). The molecule has 1 aliphatic heterocycles. The Bertz CT molecular complexity index is 679. The van der Waals surface area contributed by atoms with Crippen molar-refractivity contribution >= 4 is 29.0 Å². The number of aromatic amines is 1. The molecule has 1 aromatic carbocycles. The lowest BCUT2D eigenvalue weighted by molar-refractivity contribution is -0.113. The third kappa shape index (κ3) is 5.22. The largest absolute Gasteiger partial charge is 0.372 e. The summed E-state index contributed by atoms with van der Waals surface area (Å²) in [5.74, 6) is 1.13. The molecular formula is C18H25N5OS. The van der Waals surface area contributed by atoms with E-state index < -0.39 is 0 Å². The summed E-state index contributed by atoms with van der Waals surface area (Å²) in [6, 6.07) is 8.11. The number of aryl methyl sites for hydroxylation is 1. The fourth-order valence-corrected chi connectivity index (χ4v) is 3.54. The van der Waals surface area contributed by atoms with Crippen LogP contribution < -0.4 is 10.2 Å². The molecule has 0 aliphatic carbocycles. The van der Waals surface area contributed by atoms with Crippen molar-refractivity contribution < 1.29 is 4.79 Å². The van der Waals surface area contributed by atoms with Gasteiger partial charge in [-0.3, -0.25) is 9.89 Å². The van der Waals surface area contributed by atoms with Gasteiger partial charge in [0.05, 0.1) is 5.75 Å². The van der Waals surface area contributed by atoms with Crippen molar-refractivity contribution in [3.63, 3.8) is 0 Å². The third-order valence-corrected chi connectivity index (χ3v) is 5.05. The number of H-pyrrole nitrogens is 1. The number of rotatable bonds is 7. The number of anilines is 2. The molecule has 0 radical (unpaired) electrons. The molecule has 2 heterocycles. The van der Waals surface area contributed by atoms with E-state index in [1.54, 1.807) is 0 Å². The number of nitrogens with zero attached hydrogens (tertiary/aromatic N) is 3. The van der Waals surface area contributed by atoms with Crippen molar-refractivity contribution in [2.45, 2.75) is 44.2 Å². The van der Waals surface area contributed by atoms with Gasteiger partial charge in [0.1, 0.15) is 5.82 Å². The van der Waals surface area contributed by atoms with Gasteiger partial charge in [-0.15, -0.1) is 5.10 Å². The molecule has 1 amide bonds. The van der Waals surface area contributed by atoms with Gasteiger partial charge < -0.3 is 10.2 Å². The van der Waals surface area contributed by atoms with Crippen LogP contribution in [-0.4, -0.2) is 39.9 Å². The first kappa shape index (κ1) is 17.8. The molecule has 134 valence electrons. The van der Waals surface area contributed by atoms with Crippen LogP contribution in [-0.2, 0) is 11.2 Å². The monoisotopic (exact) mass is 359 g/mol. The number of carbonyl (C=O) groups is 1. The van der Waals surface area contributed by atoms with Gasteiger partial charge in [0, 0.05) is 30.9 Å². The summed E-state index contributed by atoms with van der Waals surface area (Å²) >= 11 is 1.35. The second kappa shape index (κ2) is 8.89. The zero-order valence-electron chi connectivity index (χ0n) is 14.6. The molecule has 0 bridgehead atoms. The molecule has 0 unspecified atom stereocenters. The number of amides is 1. The van der Waals surface area contributed by atoms with Crippen molar-refractivity contribution in [2.75, 3.05) is 29.1 Å². The van der Waals surface area contributed by atoms with Crippen LogP contribution in [0.2, 0.25) is 0 Å². The highest BCUT2D eigenvalue weighted by atomic mass is 32.2. The zero-order valence-corrected chi connectivity index (χ0v) is 15.4. The quantitative estimate of drug-likeness (QED) is 0.741. The molecule has 1 aliphatic rings. The number of thioether (sulfide) groups is 1. The van der Waals surface area contributed by atoms with E-state index in [9.17, 15) is 4.79 Å². The van der Waals surface area contributed by atoms with Crippen LogP contribution in [0.5, 0.6) is 0 Å². The maximum Gasteiger partial charge on any atom is 0.234 e. The summed E-state index contributed by atoms with van der Waals surface area (Å²) in [4.78, 5) is 18.9. The topological polar surface area (TPSA) is 73.9 Å². The van der Waals surface area contributed by atoms with Crippen LogP contribution in [0.15, 0.2) is 29.4 Å². The van der Waals surface area contributed by atoms with Crippen LogP contribution in [0.4, 0.5) is 11.4 Å². The Morgan fingerprint density at radius 1 is 1.24 bits per heavy atom. The molecule has 2 aromatic rings. The molecule has 0 spiro atoms. The van der Waals surface area contributed by atoms with Gasteiger partial charge in [-0.1, -0.05) is 18.7 Å². The highest BCUT2D eigenvalue weighted by molar-refractivity contribution is 7.99. The average molecular weight is 359 g/mol. The van der Waals surface area contributed by atoms with Crippen molar-refractivity contribution in [3.8, 4) is 0 Å². The SMILES string of the molecule is CCCc1nc(SCC(=O)Nc2ccc(N3CCCCC3)cc2)n[nH]1. The lowest BCUT2D eigenvalue weighted by atomic mass is 10.1. The number of carbonyl (C=O) groups excluding carboxylic acids is 1. The molecule has 6 nitrogen and oxygen atoms in total. The van der Waals surface area contributed by atoms with Crippen molar-refractivity contribution in [1.29, 1.82) is 0 Å². The Labute approximate surface area is 152 Å². The predicted octanol–water partition coefficient (Wildman–Crippen LogP) is 3.48. The molecule has 1 aromatic heterocycles. The van der Waals surface area contributed by atoms with E-state index in [4.69, 9.17) is 0 Å². The maximum absolute atomic E-state index is 12.1. The molecule has 1 fully saturated rings. The number of aromatic nitrogens is 3. The Kier molecular flexibility index (Phi) is 6.33. The van der Waals surface area contributed by atoms with Crippen LogP contribution in [0.1, 0.15) is 38.4 Å². The summed E-state index contributed by atoms with van der Waals surface area (Å²) in [6.07, 6.45) is 5.75. The first-order valence-corrected chi connectivity index (χ1v) is 9.92. The van der Waals surface area contributed by atoms with Crippen LogP contribution in [0.3, 0.4) is 0 Å². The van der Waals surface area contributed by atoms with E-state index in [0.717, 1.165) is 37.4 Å².